The number of amides is 2. The van der Waals surface area contributed by atoms with E-state index >= 15 is 0 Å². The standard InChI is InChI=1S/C19H20N4O3S2/c1-2-25-16-11-7-6-10-15(16)20-17(24)21-18-22-19(23-28-18)27-13-12-26-14-8-4-3-5-9-14/h3-11H,2,12-13H2,1H3,(H2,20,21,22,23,24). The normalized spacial score (nSPS) is 10.3. The Hall–Kier alpha value is -2.78. The summed E-state index contributed by atoms with van der Waals surface area (Å²) in [6.45, 7) is 2.96. The molecule has 1 aromatic heterocycles. The number of hydrogen-bond donors (Lipinski definition) is 2. The number of rotatable bonds is 9. The minimum Gasteiger partial charge on any atom is -0.493 e. The molecule has 0 saturated carbocycles. The molecule has 0 aliphatic rings. The van der Waals surface area contributed by atoms with Crippen molar-refractivity contribution in [2.75, 3.05) is 29.6 Å². The van der Waals surface area contributed by atoms with Crippen molar-refractivity contribution >= 4 is 40.1 Å². The summed E-state index contributed by atoms with van der Waals surface area (Å²) in [7, 11) is 0. The van der Waals surface area contributed by atoms with Gasteiger partial charge in [-0.2, -0.15) is 9.36 Å². The van der Waals surface area contributed by atoms with Crippen LogP contribution in [0, 0.1) is 0 Å². The number of urea groups is 1. The van der Waals surface area contributed by atoms with Gasteiger partial charge in [-0.1, -0.05) is 42.1 Å². The van der Waals surface area contributed by atoms with E-state index in [1.54, 1.807) is 12.1 Å². The van der Waals surface area contributed by atoms with Crippen molar-refractivity contribution in [1.29, 1.82) is 0 Å². The van der Waals surface area contributed by atoms with Gasteiger partial charge in [0.1, 0.15) is 11.5 Å². The minimum atomic E-state index is -0.396. The SMILES string of the molecule is CCOc1ccccc1NC(=O)Nc1nc(SCCOc2ccccc2)ns1. The number of carbonyl (C=O) groups is 1. The number of hydrogen-bond acceptors (Lipinski definition) is 7. The lowest BCUT2D eigenvalue weighted by atomic mass is 10.3. The van der Waals surface area contributed by atoms with Crippen LogP contribution < -0.4 is 20.1 Å². The number of thioether (sulfide) groups is 1. The largest absolute Gasteiger partial charge is 0.493 e. The summed E-state index contributed by atoms with van der Waals surface area (Å²) in [4.78, 5) is 16.5. The van der Waals surface area contributed by atoms with Gasteiger partial charge in [-0.05, 0) is 31.2 Å². The van der Waals surface area contributed by atoms with E-state index in [1.807, 2.05) is 49.4 Å². The van der Waals surface area contributed by atoms with Crippen LogP contribution >= 0.6 is 23.3 Å². The summed E-state index contributed by atoms with van der Waals surface area (Å²) >= 11 is 2.60. The molecule has 0 aliphatic heterocycles. The highest BCUT2D eigenvalue weighted by Crippen LogP contribution is 2.24. The molecule has 0 bridgehead atoms. The van der Waals surface area contributed by atoms with E-state index in [2.05, 4.69) is 20.0 Å². The van der Waals surface area contributed by atoms with Gasteiger partial charge < -0.3 is 14.8 Å². The second-order valence-corrected chi connectivity index (χ2v) is 7.21. The molecular formula is C19H20N4O3S2. The van der Waals surface area contributed by atoms with E-state index in [9.17, 15) is 4.79 Å². The number of ether oxygens (including phenoxy) is 2. The van der Waals surface area contributed by atoms with Gasteiger partial charge in [-0.25, -0.2) is 4.79 Å². The van der Waals surface area contributed by atoms with Crippen molar-refractivity contribution in [3.05, 3.63) is 54.6 Å². The first-order valence-electron chi connectivity index (χ1n) is 8.69. The van der Waals surface area contributed by atoms with Gasteiger partial charge in [0.05, 0.1) is 18.9 Å². The molecule has 1 heterocycles. The van der Waals surface area contributed by atoms with Gasteiger partial charge in [-0.3, -0.25) is 5.32 Å². The molecule has 0 radical (unpaired) electrons. The molecule has 3 rings (SSSR count). The Balaban J connectivity index is 1.44. The van der Waals surface area contributed by atoms with Crippen LogP contribution in [0.3, 0.4) is 0 Å². The van der Waals surface area contributed by atoms with Crippen LogP contribution in [0.2, 0.25) is 0 Å². The molecule has 3 aromatic rings. The third-order valence-corrected chi connectivity index (χ3v) is 4.95. The van der Waals surface area contributed by atoms with Crippen LogP contribution in [-0.4, -0.2) is 34.4 Å². The molecule has 2 aromatic carbocycles. The Morgan fingerprint density at radius 2 is 1.86 bits per heavy atom. The number of para-hydroxylation sites is 3. The molecule has 28 heavy (non-hydrogen) atoms. The van der Waals surface area contributed by atoms with E-state index in [4.69, 9.17) is 9.47 Å². The summed E-state index contributed by atoms with van der Waals surface area (Å²) in [5.74, 6) is 2.16. The number of aromatic nitrogens is 2. The third kappa shape index (κ3) is 6.14. The predicted molar refractivity (Wildman–Crippen MR) is 113 cm³/mol. The molecule has 0 unspecified atom stereocenters. The second kappa shape index (κ2) is 10.5. The van der Waals surface area contributed by atoms with E-state index in [-0.39, 0.29) is 0 Å². The lowest BCUT2D eigenvalue weighted by Crippen LogP contribution is -2.19. The molecule has 2 N–H and O–H groups in total. The number of nitrogens with one attached hydrogen (secondary N) is 2. The molecule has 0 spiro atoms. The summed E-state index contributed by atoms with van der Waals surface area (Å²) in [6, 6.07) is 16.5. The Kier molecular flexibility index (Phi) is 7.51. The summed E-state index contributed by atoms with van der Waals surface area (Å²) < 4.78 is 15.4. The van der Waals surface area contributed by atoms with Crippen LogP contribution in [0.25, 0.3) is 0 Å². The maximum Gasteiger partial charge on any atom is 0.325 e. The first-order chi connectivity index (χ1) is 13.7. The van der Waals surface area contributed by atoms with Crippen molar-refractivity contribution in [2.45, 2.75) is 12.1 Å². The lowest BCUT2D eigenvalue weighted by Gasteiger charge is -2.10. The second-order valence-electron chi connectivity index (χ2n) is 5.40. The average molecular weight is 417 g/mol. The van der Waals surface area contributed by atoms with Crippen LogP contribution in [0.1, 0.15) is 6.92 Å². The maximum atomic E-state index is 12.2. The first kappa shape index (κ1) is 20.0. The number of anilines is 2. The summed E-state index contributed by atoms with van der Waals surface area (Å²) in [5.41, 5.74) is 0.596. The first-order valence-corrected chi connectivity index (χ1v) is 10.4. The highest BCUT2D eigenvalue weighted by molar-refractivity contribution is 7.99. The molecule has 0 atom stereocenters. The fourth-order valence-electron chi connectivity index (χ4n) is 2.23. The summed E-state index contributed by atoms with van der Waals surface area (Å²) in [5, 5.41) is 6.48. The van der Waals surface area contributed by atoms with Gasteiger partial charge in [-0.15, -0.1) is 0 Å². The minimum absolute atomic E-state index is 0.396. The molecule has 7 nitrogen and oxygen atoms in total. The van der Waals surface area contributed by atoms with Crippen LogP contribution in [0.15, 0.2) is 59.8 Å². The van der Waals surface area contributed by atoms with Gasteiger partial charge >= 0.3 is 6.03 Å². The smallest absolute Gasteiger partial charge is 0.325 e. The predicted octanol–water partition coefficient (Wildman–Crippen LogP) is 4.75. The molecule has 0 aliphatic carbocycles. The Labute approximate surface area is 171 Å². The highest BCUT2D eigenvalue weighted by atomic mass is 32.2. The van der Waals surface area contributed by atoms with E-state index in [1.165, 1.54) is 11.8 Å². The van der Waals surface area contributed by atoms with Crippen LogP contribution in [0.4, 0.5) is 15.6 Å². The molecule has 146 valence electrons. The molecule has 2 amide bonds. The zero-order valence-corrected chi connectivity index (χ0v) is 16.9. The Morgan fingerprint density at radius 3 is 2.68 bits per heavy atom. The fraction of sp³-hybridized carbons (Fsp3) is 0.211. The number of carbonyl (C=O) groups excluding carboxylic acids is 1. The van der Waals surface area contributed by atoms with E-state index in [0.29, 0.717) is 40.7 Å². The van der Waals surface area contributed by atoms with Gasteiger partial charge in [0.25, 0.3) is 0 Å². The zero-order valence-electron chi connectivity index (χ0n) is 15.3. The van der Waals surface area contributed by atoms with Crippen LogP contribution in [0.5, 0.6) is 11.5 Å². The van der Waals surface area contributed by atoms with Crippen molar-refractivity contribution in [1.82, 2.24) is 9.36 Å². The molecule has 9 heteroatoms. The summed E-state index contributed by atoms with van der Waals surface area (Å²) in [6.07, 6.45) is 0. The zero-order chi connectivity index (χ0) is 19.6. The van der Waals surface area contributed by atoms with E-state index in [0.717, 1.165) is 17.3 Å². The average Bonchev–Trinajstić information content (AvgIpc) is 3.15. The van der Waals surface area contributed by atoms with Crippen molar-refractivity contribution in [3.8, 4) is 11.5 Å². The van der Waals surface area contributed by atoms with Crippen molar-refractivity contribution < 1.29 is 14.3 Å². The Bertz CT molecular complexity index is 890. The van der Waals surface area contributed by atoms with Gasteiger partial charge in [0.2, 0.25) is 10.3 Å². The Morgan fingerprint density at radius 1 is 1.07 bits per heavy atom. The van der Waals surface area contributed by atoms with Crippen LogP contribution in [-0.2, 0) is 0 Å². The lowest BCUT2D eigenvalue weighted by molar-refractivity contribution is 0.262. The molecule has 0 fully saturated rings. The highest BCUT2D eigenvalue weighted by Gasteiger charge is 2.11. The maximum absolute atomic E-state index is 12.2. The third-order valence-electron chi connectivity index (χ3n) is 3.39. The molecule has 0 saturated heterocycles. The monoisotopic (exact) mass is 416 g/mol. The fourth-order valence-corrected chi connectivity index (χ4v) is 3.59. The number of nitrogens with zero attached hydrogens (tertiary/aromatic N) is 2. The van der Waals surface area contributed by atoms with Crippen molar-refractivity contribution in [2.24, 2.45) is 0 Å². The van der Waals surface area contributed by atoms with Gasteiger partial charge in [0.15, 0.2) is 0 Å². The molecular weight excluding hydrogens is 396 g/mol. The van der Waals surface area contributed by atoms with Gasteiger partial charge in [0, 0.05) is 17.3 Å². The quantitative estimate of drug-likeness (QED) is 0.387. The number of benzene rings is 2. The van der Waals surface area contributed by atoms with E-state index < -0.39 is 6.03 Å². The van der Waals surface area contributed by atoms with Crippen molar-refractivity contribution in [3.63, 3.8) is 0 Å². The topological polar surface area (TPSA) is 85.4 Å².